The minimum atomic E-state index is -3.50. The number of benzene rings is 1. The van der Waals surface area contributed by atoms with Gasteiger partial charge in [-0.1, -0.05) is 11.6 Å². The Morgan fingerprint density at radius 1 is 1.29 bits per heavy atom. The summed E-state index contributed by atoms with van der Waals surface area (Å²) in [5.74, 6) is 0. The molecule has 94 valence electrons. The summed E-state index contributed by atoms with van der Waals surface area (Å²) in [5, 5.41) is 9.61. The van der Waals surface area contributed by atoms with Crippen LogP contribution in [0.1, 0.15) is 12.8 Å². The standard InChI is InChI=1S/C11H14ClNO3S/c12-9-1-3-10(4-2-9)17(15,16)13-7-11(8-14)5-6-11/h1-4,13-14H,5-8H2. The summed E-state index contributed by atoms with van der Waals surface area (Å²) in [7, 11) is -3.50. The number of hydrogen-bond acceptors (Lipinski definition) is 3. The van der Waals surface area contributed by atoms with Gasteiger partial charge in [0.15, 0.2) is 0 Å². The Bertz CT molecular complexity index is 494. The highest BCUT2D eigenvalue weighted by Gasteiger charge is 2.42. The lowest BCUT2D eigenvalue weighted by molar-refractivity contribution is 0.213. The highest BCUT2D eigenvalue weighted by atomic mass is 35.5. The van der Waals surface area contributed by atoms with Gasteiger partial charge in [0.25, 0.3) is 0 Å². The highest BCUT2D eigenvalue weighted by Crippen LogP contribution is 2.44. The quantitative estimate of drug-likeness (QED) is 0.853. The minimum absolute atomic E-state index is 0.0239. The van der Waals surface area contributed by atoms with Crippen molar-refractivity contribution in [1.29, 1.82) is 0 Å². The van der Waals surface area contributed by atoms with Crippen molar-refractivity contribution in [3.05, 3.63) is 29.3 Å². The van der Waals surface area contributed by atoms with E-state index in [0.717, 1.165) is 12.8 Å². The van der Waals surface area contributed by atoms with E-state index in [4.69, 9.17) is 16.7 Å². The van der Waals surface area contributed by atoms with Crippen LogP contribution in [-0.2, 0) is 10.0 Å². The van der Waals surface area contributed by atoms with Gasteiger partial charge in [0.2, 0.25) is 10.0 Å². The van der Waals surface area contributed by atoms with Crippen LogP contribution in [0.5, 0.6) is 0 Å². The molecule has 0 bridgehead atoms. The first kappa shape index (κ1) is 12.8. The average Bonchev–Trinajstić information content (AvgIpc) is 3.08. The Hall–Kier alpha value is -0.620. The van der Waals surface area contributed by atoms with Crippen molar-refractivity contribution in [3.63, 3.8) is 0 Å². The lowest BCUT2D eigenvalue weighted by Gasteiger charge is -2.13. The van der Waals surface area contributed by atoms with E-state index >= 15 is 0 Å². The summed E-state index contributed by atoms with van der Waals surface area (Å²) in [4.78, 5) is 0.190. The van der Waals surface area contributed by atoms with Crippen LogP contribution in [0.25, 0.3) is 0 Å². The van der Waals surface area contributed by atoms with E-state index in [1.165, 1.54) is 24.3 Å². The summed E-state index contributed by atoms with van der Waals surface area (Å²) in [6, 6.07) is 6.00. The molecule has 1 aromatic rings. The molecule has 0 radical (unpaired) electrons. The van der Waals surface area contributed by atoms with Crippen LogP contribution in [0.3, 0.4) is 0 Å². The van der Waals surface area contributed by atoms with Crippen molar-refractivity contribution < 1.29 is 13.5 Å². The first-order valence-corrected chi connectivity index (χ1v) is 7.20. The first-order chi connectivity index (χ1) is 7.97. The Balaban J connectivity index is 2.06. The lowest BCUT2D eigenvalue weighted by atomic mass is 10.1. The molecule has 0 amide bonds. The van der Waals surface area contributed by atoms with Gasteiger partial charge in [0.05, 0.1) is 4.90 Å². The number of hydrogen-bond donors (Lipinski definition) is 2. The molecule has 0 saturated heterocycles. The number of nitrogens with one attached hydrogen (secondary N) is 1. The molecule has 2 rings (SSSR count). The van der Waals surface area contributed by atoms with Crippen LogP contribution in [0.15, 0.2) is 29.2 Å². The maximum atomic E-state index is 11.9. The normalized spacial score (nSPS) is 18.0. The SMILES string of the molecule is O=S(=O)(NCC1(CO)CC1)c1ccc(Cl)cc1. The third-order valence-electron chi connectivity index (χ3n) is 3.05. The van der Waals surface area contributed by atoms with Crippen LogP contribution in [-0.4, -0.2) is 26.7 Å². The van der Waals surface area contributed by atoms with E-state index in [1.807, 2.05) is 0 Å². The fourth-order valence-corrected chi connectivity index (χ4v) is 2.80. The second-order valence-electron chi connectivity index (χ2n) is 4.44. The van der Waals surface area contributed by atoms with Gasteiger partial charge in [0, 0.05) is 23.6 Å². The summed E-state index contributed by atoms with van der Waals surface area (Å²) >= 11 is 5.70. The summed E-state index contributed by atoms with van der Waals surface area (Å²) in [5.41, 5.74) is -0.237. The molecule has 0 atom stereocenters. The molecule has 1 aliphatic carbocycles. The molecule has 0 spiro atoms. The van der Waals surface area contributed by atoms with Gasteiger partial charge >= 0.3 is 0 Å². The van der Waals surface area contributed by atoms with Gasteiger partial charge in [-0.15, -0.1) is 0 Å². The number of aliphatic hydroxyl groups is 1. The van der Waals surface area contributed by atoms with E-state index in [2.05, 4.69) is 4.72 Å². The Morgan fingerprint density at radius 3 is 2.35 bits per heavy atom. The van der Waals surface area contributed by atoms with Crippen molar-refractivity contribution in [2.24, 2.45) is 5.41 Å². The fraction of sp³-hybridized carbons (Fsp3) is 0.455. The van der Waals surface area contributed by atoms with Crippen LogP contribution >= 0.6 is 11.6 Å². The maximum absolute atomic E-state index is 11.9. The second-order valence-corrected chi connectivity index (χ2v) is 6.64. The minimum Gasteiger partial charge on any atom is -0.396 e. The number of rotatable bonds is 5. The molecule has 17 heavy (non-hydrogen) atoms. The monoisotopic (exact) mass is 275 g/mol. The molecule has 1 aliphatic rings. The zero-order valence-corrected chi connectivity index (χ0v) is 10.8. The Morgan fingerprint density at radius 2 is 1.88 bits per heavy atom. The van der Waals surface area contributed by atoms with Crippen molar-refractivity contribution in [2.75, 3.05) is 13.2 Å². The number of sulfonamides is 1. The summed E-state index contributed by atoms with van der Waals surface area (Å²) in [6.07, 6.45) is 1.74. The van der Waals surface area contributed by atoms with Crippen LogP contribution in [0, 0.1) is 5.41 Å². The van der Waals surface area contributed by atoms with Crippen LogP contribution < -0.4 is 4.72 Å². The molecule has 2 N–H and O–H groups in total. The highest BCUT2D eigenvalue weighted by molar-refractivity contribution is 7.89. The third-order valence-corrected chi connectivity index (χ3v) is 4.72. The van der Waals surface area contributed by atoms with Gasteiger partial charge in [-0.05, 0) is 37.1 Å². The molecule has 6 heteroatoms. The lowest BCUT2D eigenvalue weighted by Crippen LogP contribution is -2.31. The van der Waals surface area contributed by atoms with Gasteiger partial charge < -0.3 is 5.11 Å². The third kappa shape index (κ3) is 2.98. The number of aliphatic hydroxyl groups excluding tert-OH is 1. The molecule has 0 heterocycles. The first-order valence-electron chi connectivity index (χ1n) is 5.34. The van der Waals surface area contributed by atoms with E-state index in [9.17, 15) is 8.42 Å². The van der Waals surface area contributed by atoms with Gasteiger partial charge in [-0.3, -0.25) is 0 Å². The van der Waals surface area contributed by atoms with E-state index in [1.54, 1.807) is 0 Å². The van der Waals surface area contributed by atoms with Gasteiger partial charge in [-0.25, -0.2) is 13.1 Å². The predicted octanol–water partition coefficient (Wildman–Crippen LogP) is 1.39. The zero-order chi connectivity index (χ0) is 12.5. The van der Waals surface area contributed by atoms with Gasteiger partial charge in [-0.2, -0.15) is 0 Å². The maximum Gasteiger partial charge on any atom is 0.240 e. The van der Waals surface area contributed by atoms with Crippen LogP contribution in [0.4, 0.5) is 0 Å². The summed E-state index contributed by atoms with van der Waals surface area (Å²) < 4.78 is 26.3. The van der Waals surface area contributed by atoms with Crippen molar-refractivity contribution in [3.8, 4) is 0 Å². The van der Waals surface area contributed by atoms with Gasteiger partial charge in [0.1, 0.15) is 0 Å². The predicted molar refractivity (Wildman–Crippen MR) is 65.4 cm³/mol. The van der Waals surface area contributed by atoms with Crippen molar-refractivity contribution >= 4 is 21.6 Å². The molecule has 1 fully saturated rings. The zero-order valence-electron chi connectivity index (χ0n) is 9.19. The van der Waals surface area contributed by atoms with E-state index in [-0.39, 0.29) is 23.5 Å². The second kappa shape index (κ2) is 4.57. The van der Waals surface area contributed by atoms with Crippen molar-refractivity contribution in [1.82, 2.24) is 4.72 Å². The molecular weight excluding hydrogens is 262 g/mol. The number of halogens is 1. The van der Waals surface area contributed by atoms with E-state index < -0.39 is 10.0 Å². The molecule has 1 saturated carbocycles. The molecule has 0 aliphatic heterocycles. The Kier molecular flexibility index (Phi) is 3.45. The molecule has 0 aromatic heterocycles. The Labute approximate surface area is 106 Å². The molecular formula is C11H14ClNO3S. The topological polar surface area (TPSA) is 66.4 Å². The smallest absolute Gasteiger partial charge is 0.240 e. The molecule has 0 unspecified atom stereocenters. The van der Waals surface area contributed by atoms with Crippen molar-refractivity contribution in [2.45, 2.75) is 17.7 Å². The van der Waals surface area contributed by atoms with E-state index in [0.29, 0.717) is 5.02 Å². The average molecular weight is 276 g/mol. The largest absolute Gasteiger partial charge is 0.396 e. The summed E-state index contributed by atoms with van der Waals surface area (Å²) in [6.45, 7) is 0.310. The fourth-order valence-electron chi connectivity index (χ4n) is 1.51. The van der Waals surface area contributed by atoms with Crippen LogP contribution in [0.2, 0.25) is 5.02 Å². The molecule has 4 nitrogen and oxygen atoms in total. The molecule has 1 aromatic carbocycles.